The second-order valence-electron chi connectivity index (χ2n) is 2.93. The van der Waals surface area contributed by atoms with Crippen LogP contribution < -0.4 is 11.1 Å². The number of carbonyl (C=O) groups excluding carboxylic acids is 2. The maximum Gasteiger partial charge on any atom is 0.267 e. The highest BCUT2D eigenvalue weighted by Crippen LogP contribution is 2.13. The lowest BCUT2D eigenvalue weighted by Gasteiger charge is -2.07. The number of primary amides is 1. The second kappa shape index (κ2) is 5.65. The van der Waals surface area contributed by atoms with Crippen LogP contribution in [0.1, 0.15) is 10.4 Å². The fourth-order valence-corrected chi connectivity index (χ4v) is 1.31. The molecular formula is C10H7Cl2FN2O2. The van der Waals surface area contributed by atoms with Crippen LogP contribution in [0.15, 0.2) is 34.5 Å². The monoisotopic (exact) mass is 276 g/mol. The van der Waals surface area contributed by atoms with E-state index in [0.29, 0.717) is 0 Å². The number of nitrogens with two attached hydrogens (primary N) is 1. The molecule has 1 rings (SSSR count). The van der Waals surface area contributed by atoms with Crippen molar-refractivity contribution in [2.45, 2.75) is 0 Å². The molecule has 0 atom stereocenters. The largest absolute Gasteiger partial charge is 0.364 e. The first-order chi connectivity index (χ1) is 7.93. The van der Waals surface area contributed by atoms with Gasteiger partial charge in [-0.25, -0.2) is 4.39 Å². The van der Waals surface area contributed by atoms with Crippen molar-refractivity contribution in [3.8, 4) is 0 Å². The van der Waals surface area contributed by atoms with E-state index < -0.39 is 27.8 Å². The number of hydrogen-bond donors (Lipinski definition) is 2. The average Bonchev–Trinajstić information content (AvgIpc) is 2.25. The van der Waals surface area contributed by atoms with E-state index in [1.54, 1.807) is 0 Å². The van der Waals surface area contributed by atoms with Gasteiger partial charge in [0.1, 0.15) is 16.0 Å². The van der Waals surface area contributed by atoms with Crippen molar-refractivity contribution in [3.63, 3.8) is 0 Å². The van der Waals surface area contributed by atoms with Gasteiger partial charge >= 0.3 is 0 Å². The first-order valence-electron chi connectivity index (χ1n) is 4.34. The summed E-state index contributed by atoms with van der Waals surface area (Å²) in [7, 11) is 0. The minimum atomic E-state index is -1.02. The molecule has 3 N–H and O–H groups in total. The van der Waals surface area contributed by atoms with Crippen LogP contribution in [0, 0.1) is 5.82 Å². The van der Waals surface area contributed by atoms with Crippen LogP contribution in [-0.4, -0.2) is 11.8 Å². The normalized spacial score (nSPS) is 9.59. The molecule has 0 bridgehead atoms. The molecule has 0 aliphatic heterocycles. The van der Waals surface area contributed by atoms with Crippen molar-refractivity contribution in [3.05, 3.63) is 45.8 Å². The number of nitrogens with one attached hydrogen (secondary N) is 1. The van der Waals surface area contributed by atoms with Crippen molar-refractivity contribution in [1.29, 1.82) is 0 Å². The Morgan fingerprint density at radius 2 is 1.82 bits per heavy atom. The number of halogens is 3. The zero-order chi connectivity index (χ0) is 13.0. The molecule has 17 heavy (non-hydrogen) atoms. The summed E-state index contributed by atoms with van der Waals surface area (Å²) in [6, 6.07) is 5.23. The first kappa shape index (κ1) is 13.5. The number of hydrogen-bond acceptors (Lipinski definition) is 2. The maximum atomic E-state index is 13.2. The zero-order valence-corrected chi connectivity index (χ0v) is 9.85. The Morgan fingerprint density at radius 3 is 2.29 bits per heavy atom. The number of amides is 2. The van der Waals surface area contributed by atoms with E-state index in [0.717, 1.165) is 6.07 Å². The Labute approximate surface area is 106 Å². The molecule has 1 aromatic carbocycles. The van der Waals surface area contributed by atoms with E-state index in [4.69, 9.17) is 28.9 Å². The van der Waals surface area contributed by atoms with Gasteiger partial charge in [0, 0.05) is 0 Å². The summed E-state index contributed by atoms with van der Waals surface area (Å²) < 4.78 is 12.7. The summed E-state index contributed by atoms with van der Waals surface area (Å²) in [5.74, 6) is -2.62. The Morgan fingerprint density at radius 1 is 1.24 bits per heavy atom. The van der Waals surface area contributed by atoms with E-state index in [9.17, 15) is 14.0 Å². The Bertz CT molecular complexity index is 499. The van der Waals surface area contributed by atoms with Gasteiger partial charge in [0.2, 0.25) is 0 Å². The molecule has 0 radical (unpaired) electrons. The van der Waals surface area contributed by atoms with Gasteiger partial charge in [0.25, 0.3) is 11.8 Å². The number of benzene rings is 1. The van der Waals surface area contributed by atoms with Crippen LogP contribution in [-0.2, 0) is 4.79 Å². The predicted molar refractivity (Wildman–Crippen MR) is 61.8 cm³/mol. The molecule has 0 unspecified atom stereocenters. The second-order valence-corrected chi connectivity index (χ2v) is 3.88. The molecule has 1 aromatic rings. The lowest BCUT2D eigenvalue weighted by atomic mass is 10.2. The van der Waals surface area contributed by atoms with Crippen molar-refractivity contribution in [2.75, 3.05) is 0 Å². The lowest BCUT2D eigenvalue weighted by molar-refractivity contribution is -0.114. The molecule has 4 nitrogen and oxygen atoms in total. The minimum absolute atomic E-state index is 0.249. The van der Waals surface area contributed by atoms with E-state index in [2.05, 4.69) is 0 Å². The third-order valence-electron chi connectivity index (χ3n) is 1.79. The van der Waals surface area contributed by atoms with Crippen molar-refractivity contribution in [2.24, 2.45) is 5.73 Å². The summed E-state index contributed by atoms with van der Waals surface area (Å²) >= 11 is 10.7. The SMILES string of the molecule is NC(=O)C(NC(=O)c1ccccc1F)=C(Cl)Cl. The maximum absolute atomic E-state index is 13.2. The van der Waals surface area contributed by atoms with Gasteiger partial charge in [-0.05, 0) is 12.1 Å². The van der Waals surface area contributed by atoms with E-state index in [1.165, 1.54) is 18.2 Å². The zero-order valence-electron chi connectivity index (χ0n) is 8.34. The molecule has 2 amide bonds. The summed E-state index contributed by atoms with van der Waals surface area (Å²) in [5, 5.41) is 2.04. The summed E-state index contributed by atoms with van der Waals surface area (Å²) in [6.07, 6.45) is 0. The van der Waals surface area contributed by atoms with Crippen LogP contribution in [0.5, 0.6) is 0 Å². The molecular weight excluding hydrogens is 270 g/mol. The molecule has 0 heterocycles. The third-order valence-corrected chi connectivity index (χ3v) is 2.17. The highest BCUT2D eigenvalue weighted by atomic mass is 35.5. The molecule has 0 aromatic heterocycles. The quantitative estimate of drug-likeness (QED) is 0.825. The third kappa shape index (κ3) is 3.44. The molecule has 0 saturated carbocycles. The first-order valence-corrected chi connectivity index (χ1v) is 5.10. The summed E-state index contributed by atoms with van der Waals surface area (Å²) in [4.78, 5) is 22.5. The van der Waals surface area contributed by atoms with Gasteiger partial charge in [-0.3, -0.25) is 9.59 Å². The fraction of sp³-hybridized carbons (Fsp3) is 0. The van der Waals surface area contributed by atoms with Crippen molar-refractivity contribution < 1.29 is 14.0 Å². The molecule has 7 heteroatoms. The average molecular weight is 277 g/mol. The Kier molecular flexibility index (Phi) is 4.48. The summed E-state index contributed by atoms with van der Waals surface area (Å²) in [5.41, 5.74) is 4.19. The van der Waals surface area contributed by atoms with Gasteiger partial charge in [-0.2, -0.15) is 0 Å². The van der Waals surface area contributed by atoms with Crippen molar-refractivity contribution in [1.82, 2.24) is 5.32 Å². The van der Waals surface area contributed by atoms with Crippen molar-refractivity contribution >= 4 is 35.0 Å². The van der Waals surface area contributed by atoms with Crippen LogP contribution >= 0.6 is 23.2 Å². The molecule has 0 aliphatic carbocycles. The minimum Gasteiger partial charge on any atom is -0.364 e. The van der Waals surface area contributed by atoms with Gasteiger partial charge in [0.15, 0.2) is 0 Å². The smallest absolute Gasteiger partial charge is 0.267 e. The molecule has 0 spiro atoms. The molecule has 90 valence electrons. The van der Waals surface area contributed by atoms with E-state index >= 15 is 0 Å². The number of rotatable bonds is 3. The van der Waals surface area contributed by atoms with Gasteiger partial charge in [0.05, 0.1) is 5.56 Å². The number of carbonyl (C=O) groups is 2. The highest BCUT2D eigenvalue weighted by molar-refractivity contribution is 6.57. The Hall–Kier alpha value is -1.59. The van der Waals surface area contributed by atoms with Crippen LogP contribution in [0.3, 0.4) is 0 Å². The fourth-order valence-electron chi connectivity index (χ4n) is 1.03. The van der Waals surface area contributed by atoms with Gasteiger partial charge in [-0.1, -0.05) is 35.3 Å². The molecule has 0 saturated heterocycles. The highest BCUT2D eigenvalue weighted by Gasteiger charge is 2.17. The van der Waals surface area contributed by atoms with E-state index in [-0.39, 0.29) is 5.56 Å². The van der Waals surface area contributed by atoms with Crippen LogP contribution in [0.2, 0.25) is 0 Å². The standard InChI is InChI=1S/C10H7Cl2FN2O2/c11-8(12)7(9(14)16)15-10(17)5-3-1-2-4-6(5)13/h1-4H,(H2,14,16)(H,15,17). The topological polar surface area (TPSA) is 72.2 Å². The van der Waals surface area contributed by atoms with Crippen LogP contribution in [0.4, 0.5) is 4.39 Å². The van der Waals surface area contributed by atoms with E-state index in [1.807, 2.05) is 5.32 Å². The Balaban J connectivity index is 2.98. The summed E-state index contributed by atoms with van der Waals surface area (Å²) in [6.45, 7) is 0. The van der Waals surface area contributed by atoms with Gasteiger partial charge < -0.3 is 11.1 Å². The lowest BCUT2D eigenvalue weighted by Crippen LogP contribution is -2.32. The van der Waals surface area contributed by atoms with Gasteiger partial charge in [-0.15, -0.1) is 0 Å². The van der Waals surface area contributed by atoms with Crippen LogP contribution in [0.25, 0.3) is 0 Å². The molecule has 0 aliphatic rings. The predicted octanol–water partition coefficient (Wildman–Crippen LogP) is 1.69. The molecule has 0 fully saturated rings.